The quantitative estimate of drug-likeness (QED) is 0.175. The Kier molecular flexibility index (Phi) is 6.28. The molecule has 0 bridgehead atoms. The van der Waals surface area contributed by atoms with Crippen molar-refractivity contribution >= 4 is 92.9 Å². The Balaban J connectivity index is 1.20. The highest BCUT2D eigenvalue weighted by atomic mass is 16.3. The monoisotopic (exact) mass is 661 g/mol. The SMILES string of the molecule is c1cc(-c2cccc3c4ccc5oc6ccccc6c5c4c4ccccc4c23)cc(N(c2cccc3ccccc23)c2cccc3ccccc23)c1. The second kappa shape index (κ2) is 11.3. The van der Waals surface area contributed by atoms with E-state index in [1.807, 2.05) is 6.07 Å². The van der Waals surface area contributed by atoms with E-state index >= 15 is 0 Å². The van der Waals surface area contributed by atoms with Crippen molar-refractivity contribution in [1.82, 2.24) is 0 Å². The van der Waals surface area contributed by atoms with Gasteiger partial charge in [-0.1, -0.05) is 146 Å². The van der Waals surface area contributed by atoms with Gasteiger partial charge >= 0.3 is 0 Å². The Bertz CT molecular complexity index is 3090. The topological polar surface area (TPSA) is 16.4 Å². The molecule has 0 amide bonds. The van der Waals surface area contributed by atoms with E-state index in [1.54, 1.807) is 0 Å². The van der Waals surface area contributed by atoms with Gasteiger partial charge < -0.3 is 9.32 Å². The van der Waals surface area contributed by atoms with Crippen LogP contribution >= 0.6 is 0 Å². The van der Waals surface area contributed by atoms with Crippen LogP contribution in [0.15, 0.2) is 192 Å². The lowest BCUT2D eigenvalue weighted by Crippen LogP contribution is -2.11. The van der Waals surface area contributed by atoms with Gasteiger partial charge in [-0.05, 0) is 91.3 Å². The Morgan fingerprint density at radius 3 is 1.56 bits per heavy atom. The number of fused-ring (bicyclic) bond motifs is 12. The van der Waals surface area contributed by atoms with E-state index in [4.69, 9.17) is 4.42 Å². The number of rotatable bonds is 4. The molecule has 0 saturated carbocycles. The van der Waals surface area contributed by atoms with Gasteiger partial charge in [0.15, 0.2) is 0 Å². The molecule has 0 aliphatic carbocycles. The molecule has 0 fully saturated rings. The van der Waals surface area contributed by atoms with Gasteiger partial charge in [0.2, 0.25) is 0 Å². The molecule has 0 aliphatic rings. The van der Waals surface area contributed by atoms with Crippen molar-refractivity contribution < 1.29 is 4.42 Å². The van der Waals surface area contributed by atoms with Crippen LogP contribution in [0.3, 0.4) is 0 Å². The van der Waals surface area contributed by atoms with E-state index in [2.05, 4.69) is 187 Å². The number of para-hydroxylation sites is 1. The molecule has 0 spiro atoms. The minimum Gasteiger partial charge on any atom is -0.456 e. The maximum atomic E-state index is 6.37. The average molecular weight is 662 g/mol. The molecular formula is C50H31NO. The number of hydrogen-bond donors (Lipinski definition) is 0. The highest BCUT2D eigenvalue weighted by molar-refractivity contribution is 6.36. The van der Waals surface area contributed by atoms with Crippen molar-refractivity contribution in [3.63, 3.8) is 0 Å². The third-order valence-corrected chi connectivity index (χ3v) is 10.8. The van der Waals surface area contributed by atoms with Crippen LogP contribution in [0.25, 0.3) is 86.9 Å². The Morgan fingerprint density at radius 2 is 0.846 bits per heavy atom. The Labute approximate surface area is 300 Å². The molecule has 0 radical (unpaired) electrons. The number of hydrogen-bond acceptors (Lipinski definition) is 2. The summed E-state index contributed by atoms with van der Waals surface area (Å²) in [6.07, 6.45) is 0. The number of nitrogens with zero attached hydrogens (tertiary/aromatic N) is 1. The van der Waals surface area contributed by atoms with E-state index < -0.39 is 0 Å². The van der Waals surface area contributed by atoms with Crippen molar-refractivity contribution in [2.45, 2.75) is 0 Å². The predicted octanol–water partition coefficient (Wildman–Crippen LogP) is 14.5. The van der Waals surface area contributed by atoms with Crippen LogP contribution in [0.5, 0.6) is 0 Å². The van der Waals surface area contributed by atoms with E-state index in [0.717, 1.165) is 33.6 Å². The first kappa shape index (κ1) is 28.9. The van der Waals surface area contributed by atoms with Gasteiger partial charge in [-0.3, -0.25) is 0 Å². The summed E-state index contributed by atoms with van der Waals surface area (Å²) in [6.45, 7) is 0. The normalized spacial score (nSPS) is 11.8. The van der Waals surface area contributed by atoms with Crippen LogP contribution < -0.4 is 4.90 Å². The van der Waals surface area contributed by atoms with Crippen molar-refractivity contribution in [3.05, 3.63) is 188 Å². The number of benzene rings is 10. The first-order chi connectivity index (χ1) is 25.8. The second-order valence-electron chi connectivity index (χ2n) is 13.6. The van der Waals surface area contributed by atoms with Gasteiger partial charge in [-0.25, -0.2) is 0 Å². The third-order valence-electron chi connectivity index (χ3n) is 10.8. The van der Waals surface area contributed by atoms with E-state index in [0.29, 0.717) is 0 Å². The Morgan fingerprint density at radius 1 is 0.327 bits per heavy atom. The Hall–Kier alpha value is -6.90. The minimum absolute atomic E-state index is 0.918. The predicted molar refractivity (Wildman–Crippen MR) is 221 cm³/mol. The largest absolute Gasteiger partial charge is 0.456 e. The molecule has 1 aromatic heterocycles. The van der Waals surface area contributed by atoms with Gasteiger partial charge in [0.1, 0.15) is 11.2 Å². The van der Waals surface area contributed by atoms with Crippen LogP contribution in [0.4, 0.5) is 17.1 Å². The molecule has 0 saturated heterocycles. The average Bonchev–Trinajstić information content (AvgIpc) is 3.60. The molecule has 242 valence electrons. The third kappa shape index (κ3) is 4.25. The van der Waals surface area contributed by atoms with E-state index in [-0.39, 0.29) is 0 Å². The van der Waals surface area contributed by atoms with Crippen LogP contribution in [0.2, 0.25) is 0 Å². The van der Waals surface area contributed by atoms with Crippen LogP contribution in [0.1, 0.15) is 0 Å². The summed E-state index contributed by atoms with van der Waals surface area (Å²) in [7, 11) is 0. The zero-order valence-electron chi connectivity index (χ0n) is 28.3. The molecule has 52 heavy (non-hydrogen) atoms. The van der Waals surface area contributed by atoms with Crippen LogP contribution in [0, 0.1) is 0 Å². The lowest BCUT2D eigenvalue weighted by atomic mass is 9.88. The fourth-order valence-corrected chi connectivity index (χ4v) is 8.57. The van der Waals surface area contributed by atoms with Crippen LogP contribution in [-0.4, -0.2) is 0 Å². The first-order valence-electron chi connectivity index (χ1n) is 17.9. The molecule has 2 heteroatoms. The molecular weight excluding hydrogens is 631 g/mol. The van der Waals surface area contributed by atoms with Crippen LogP contribution in [-0.2, 0) is 0 Å². The second-order valence-corrected chi connectivity index (χ2v) is 13.6. The molecule has 10 aromatic carbocycles. The first-order valence-corrected chi connectivity index (χ1v) is 17.9. The summed E-state index contributed by atoms with van der Waals surface area (Å²) < 4.78 is 6.37. The molecule has 2 nitrogen and oxygen atoms in total. The molecule has 11 rings (SSSR count). The molecule has 0 aliphatic heterocycles. The number of furan rings is 1. The lowest BCUT2D eigenvalue weighted by Gasteiger charge is -2.28. The molecule has 0 atom stereocenters. The standard InChI is InChI=1S/C50H31NO/c1-3-19-36-32(13-1)15-10-26-44(36)51(45-27-11-16-33-14-2-4-20-37(33)45)35-18-9-17-34(31-35)38-24-12-25-40-42-29-30-47-50(43-23-7-8-28-46(43)52-47)49(42)41-22-6-5-21-39(41)48(38)40/h1-31H. The van der Waals surface area contributed by atoms with Gasteiger partial charge in [0.05, 0.1) is 11.4 Å². The van der Waals surface area contributed by atoms with Gasteiger partial charge in [0, 0.05) is 32.6 Å². The smallest absolute Gasteiger partial charge is 0.136 e. The zero-order valence-corrected chi connectivity index (χ0v) is 28.3. The molecule has 11 aromatic rings. The van der Waals surface area contributed by atoms with Gasteiger partial charge in [-0.15, -0.1) is 0 Å². The maximum absolute atomic E-state index is 6.37. The summed E-state index contributed by atoms with van der Waals surface area (Å²) in [4.78, 5) is 2.44. The summed E-state index contributed by atoms with van der Waals surface area (Å²) in [5, 5.41) is 14.6. The fraction of sp³-hybridized carbons (Fsp3) is 0. The number of anilines is 3. The van der Waals surface area contributed by atoms with Crippen molar-refractivity contribution in [2.24, 2.45) is 0 Å². The summed E-state index contributed by atoms with van der Waals surface area (Å²) in [5.41, 5.74) is 7.64. The van der Waals surface area contributed by atoms with Gasteiger partial charge in [0.25, 0.3) is 0 Å². The highest BCUT2D eigenvalue weighted by Crippen LogP contribution is 2.47. The van der Waals surface area contributed by atoms with E-state index in [1.165, 1.54) is 70.4 Å². The molecule has 0 unspecified atom stereocenters. The summed E-state index contributed by atoms with van der Waals surface area (Å²) in [5.74, 6) is 0. The fourth-order valence-electron chi connectivity index (χ4n) is 8.57. The minimum atomic E-state index is 0.918. The zero-order chi connectivity index (χ0) is 34.2. The highest BCUT2D eigenvalue weighted by Gasteiger charge is 2.21. The van der Waals surface area contributed by atoms with Crippen molar-refractivity contribution in [3.8, 4) is 11.1 Å². The molecule has 0 N–H and O–H groups in total. The summed E-state index contributed by atoms with van der Waals surface area (Å²) in [6, 6.07) is 68.1. The lowest BCUT2D eigenvalue weighted by molar-refractivity contribution is 0.669. The van der Waals surface area contributed by atoms with Crippen molar-refractivity contribution in [1.29, 1.82) is 0 Å². The maximum Gasteiger partial charge on any atom is 0.136 e. The van der Waals surface area contributed by atoms with E-state index in [9.17, 15) is 0 Å². The molecule has 1 heterocycles. The van der Waals surface area contributed by atoms with Crippen molar-refractivity contribution in [2.75, 3.05) is 4.90 Å². The van der Waals surface area contributed by atoms with Gasteiger partial charge in [-0.2, -0.15) is 0 Å². The summed E-state index contributed by atoms with van der Waals surface area (Å²) >= 11 is 0.